The lowest BCUT2D eigenvalue weighted by Crippen LogP contribution is -2.23. The van der Waals surface area contributed by atoms with Gasteiger partial charge in [-0.3, -0.25) is 4.79 Å². The van der Waals surface area contributed by atoms with Crippen molar-refractivity contribution in [1.82, 2.24) is 14.9 Å². The molecule has 0 bridgehead atoms. The molecule has 1 saturated heterocycles. The Morgan fingerprint density at radius 3 is 2.47 bits per heavy atom. The third kappa shape index (κ3) is 5.37. The van der Waals surface area contributed by atoms with Crippen molar-refractivity contribution in [3.63, 3.8) is 0 Å². The summed E-state index contributed by atoms with van der Waals surface area (Å²) in [5.41, 5.74) is 3.99. The largest absolute Gasteiger partial charge is 0.323 e. The summed E-state index contributed by atoms with van der Waals surface area (Å²) in [6.45, 7) is 6.88. The summed E-state index contributed by atoms with van der Waals surface area (Å²) in [6, 6.07) is 16.7. The van der Waals surface area contributed by atoms with Gasteiger partial charge in [-0.1, -0.05) is 42.5 Å². The monoisotopic (exact) mass is 432 g/mol. The molecule has 6 heteroatoms. The first-order valence-electron chi connectivity index (χ1n) is 11.1. The Balaban J connectivity index is 1.37. The van der Waals surface area contributed by atoms with E-state index in [2.05, 4.69) is 34.5 Å². The number of anilines is 1. The number of halogens is 1. The van der Waals surface area contributed by atoms with Gasteiger partial charge in [0, 0.05) is 36.0 Å². The maximum atomic E-state index is 13.8. The van der Waals surface area contributed by atoms with E-state index in [1.165, 1.54) is 11.6 Å². The number of nitrogens with one attached hydrogen (secondary N) is 1. The Labute approximate surface area is 188 Å². The van der Waals surface area contributed by atoms with Crippen LogP contribution in [-0.2, 0) is 17.6 Å². The number of para-hydroxylation sites is 1. The summed E-state index contributed by atoms with van der Waals surface area (Å²) in [4.78, 5) is 24.5. The van der Waals surface area contributed by atoms with Crippen LogP contribution in [0.5, 0.6) is 0 Å². The van der Waals surface area contributed by atoms with Crippen LogP contribution in [0.1, 0.15) is 40.7 Å². The lowest BCUT2D eigenvalue weighted by Gasteiger charge is -2.17. The average Bonchev–Trinajstić information content (AvgIpc) is 3.26. The fourth-order valence-electron chi connectivity index (χ4n) is 4.30. The van der Waals surface area contributed by atoms with Gasteiger partial charge in [-0.2, -0.15) is 0 Å². The normalized spacial score (nSPS) is 16.3. The maximum absolute atomic E-state index is 13.8. The number of amides is 1. The van der Waals surface area contributed by atoms with Crippen LogP contribution >= 0.6 is 0 Å². The quantitative estimate of drug-likeness (QED) is 0.599. The van der Waals surface area contributed by atoms with Gasteiger partial charge in [0.1, 0.15) is 11.6 Å². The Morgan fingerprint density at radius 2 is 1.75 bits per heavy atom. The molecule has 0 radical (unpaired) electrons. The smallest absolute Gasteiger partial charge is 0.229 e. The van der Waals surface area contributed by atoms with E-state index in [4.69, 9.17) is 9.97 Å². The first-order chi connectivity index (χ1) is 15.5. The molecule has 1 fully saturated rings. The van der Waals surface area contributed by atoms with Gasteiger partial charge in [0.25, 0.3) is 0 Å². The van der Waals surface area contributed by atoms with E-state index in [-0.39, 0.29) is 18.0 Å². The molecule has 0 unspecified atom stereocenters. The highest BCUT2D eigenvalue weighted by Crippen LogP contribution is 2.26. The van der Waals surface area contributed by atoms with Gasteiger partial charge >= 0.3 is 0 Å². The van der Waals surface area contributed by atoms with Crippen LogP contribution in [0.15, 0.2) is 54.6 Å². The number of carbonyl (C=O) groups excluding carboxylic acids is 1. The molecule has 2 aromatic carbocycles. The van der Waals surface area contributed by atoms with Crippen molar-refractivity contribution < 1.29 is 9.18 Å². The second-order valence-electron chi connectivity index (χ2n) is 8.46. The molecule has 5 nitrogen and oxygen atoms in total. The van der Waals surface area contributed by atoms with E-state index in [1.807, 2.05) is 19.9 Å². The van der Waals surface area contributed by atoms with Crippen molar-refractivity contribution >= 4 is 11.6 Å². The average molecular weight is 433 g/mol. The fraction of sp³-hybridized carbons (Fsp3) is 0.346. The molecule has 1 atom stereocenters. The van der Waals surface area contributed by atoms with Gasteiger partial charge in [-0.05, 0) is 50.9 Å². The molecule has 1 N–H and O–H groups in total. The molecule has 1 aromatic heterocycles. The SMILES string of the molecule is Cc1nc([C@H]2CCN(CCc3ccccc3)C2)nc(C)c1CC(=O)Nc1ccccc1F. The molecule has 3 aromatic rings. The van der Waals surface area contributed by atoms with E-state index in [1.54, 1.807) is 18.2 Å². The van der Waals surface area contributed by atoms with Crippen LogP contribution in [0.2, 0.25) is 0 Å². The molecule has 0 spiro atoms. The van der Waals surface area contributed by atoms with E-state index in [0.717, 1.165) is 55.3 Å². The zero-order valence-electron chi connectivity index (χ0n) is 18.6. The van der Waals surface area contributed by atoms with E-state index < -0.39 is 5.82 Å². The lowest BCUT2D eigenvalue weighted by atomic mass is 10.0. The number of hydrogen-bond acceptors (Lipinski definition) is 4. The highest BCUT2D eigenvalue weighted by Gasteiger charge is 2.27. The molecule has 0 saturated carbocycles. The number of carbonyl (C=O) groups is 1. The predicted molar refractivity (Wildman–Crippen MR) is 124 cm³/mol. The predicted octanol–water partition coefficient (Wildman–Crippen LogP) is 4.45. The topological polar surface area (TPSA) is 58.1 Å². The van der Waals surface area contributed by atoms with Crippen LogP contribution in [0.4, 0.5) is 10.1 Å². The van der Waals surface area contributed by atoms with Crippen LogP contribution in [0, 0.1) is 19.7 Å². The summed E-state index contributed by atoms with van der Waals surface area (Å²) >= 11 is 0. The number of aryl methyl sites for hydroxylation is 2. The van der Waals surface area contributed by atoms with E-state index >= 15 is 0 Å². The van der Waals surface area contributed by atoms with Crippen LogP contribution in [0.25, 0.3) is 0 Å². The van der Waals surface area contributed by atoms with Gasteiger partial charge in [-0.25, -0.2) is 14.4 Å². The summed E-state index contributed by atoms with van der Waals surface area (Å²) in [7, 11) is 0. The van der Waals surface area contributed by atoms with Gasteiger partial charge < -0.3 is 10.2 Å². The zero-order valence-corrected chi connectivity index (χ0v) is 18.6. The molecule has 0 aliphatic carbocycles. The van der Waals surface area contributed by atoms with Gasteiger partial charge in [-0.15, -0.1) is 0 Å². The van der Waals surface area contributed by atoms with Crippen LogP contribution < -0.4 is 5.32 Å². The van der Waals surface area contributed by atoms with Crippen molar-refractivity contribution in [2.24, 2.45) is 0 Å². The summed E-state index contributed by atoms with van der Waals surface area (Å²) in [6.07, 6.45) is 2.21. The highest BCUT2D eigenvalue weighted by molar-refractivity contribution is 5.92. The van der Waals surface area contributed by atoms with Crippen molar-refractivity contribution in [1.29, 1.82) is 0 Å². The van der Waals surface area contributed by atoms with E-state index in [9.17, 15) is 9.18 Å². The minimum absolute atomic E-state index is 0.125. The minimum atomic E-state index is -0.445. The van der Waals surface area contributed by atoms with Crippen molar-refractivity contribution in [2.45, 2.75) is 39.0 Å². The summed E-state index contributed by atoms with van der Waals surface area (Å²) < 4.78 is 13.8. The van der Waals surface area contributed by atoms with Crippen molar-refractivity contribution in [3.05, 3.63) is 88.8 Å². The first-order valence-corrected chi connectivity index (χ1v) is 11.1. The zero-order chi connectivity index (χ0) is 22.5. The molecule has 2 heterocycles. The third-order valence-electron chi connectivity index (χ3n) is 6.12. The van der Waals surface area contributed by atoms with Gasteiger partial charge in [0.15, 0.2) is 0 Å². The number of aromatic nitrogens is 2. The fourth-order valence-corrected chi connectivity index (χ4v) is 4.30. The molecule has 32 heavy (non-hydrogen) atoms. The number of benzene rings is 2. The third-order valence-corrected chi connectivity index (χ3v) is 6.12. The molecule has 1 amide bonds. The minimum Gasteiger partial charge on any atom is -0.323 e. The highest BCUT2D eigenvalue weighted by atomic mass is 19.1. The Kier molecular flexibility index (Phi) is 6.90. The number of likely N-dealkylation sites (tertiary alicyclic amines) is 1. The van der Waals surface area contributed by atoms with Gasteiger partial charge in [0.2, 0.25) is 5.91 Å². The molecule has 4 rings (SSSR count). The number of rotatable bonds is 7. The van der Waals surface area contributed by atoms with Crippen molar-refractivity contribution in [3.8, 4) is 0 Å². The summed E-state index contributed by atoms with van der Waals surface area (Å²) in [5, 5.41) is 2.64. The van der Waals surface area contributed by atoms with Gasteiger partial charge in [0.05, 0.1) is 12.1 Å². The van der Waals surface area contributed by atoms with Crippen LogP contribution in [-0.4, -0.2) is 40.4 Å². The molecular formula is C26H29FN4O. The standard InChI is InChI=1S/C26H29FN4O/c1-18-22(16-25(32)30-24-11-7-6-10-23(24)27)19(2)29-26(28-18)21-13-15-31(17-21)14-12-20-8-4-3-5-9-20/h3-11,21H,12-17H2,1-2H3,(H,30,32)/t21-/m0/s1. The molecule has 1 aliphatic heterocycles. The Hall–Kier alpha value is -3.12. The second kappa shape index (κ2) is 10.0. The molecule has 1 aliphatic rings. The molecule has 166 valence electrons. The Morgan fingerprint density at radius 1 is 1.06 bits per heavy atom. The molecular weight excluding hydrogens is 403 g/mol. The lowest BCUT2D eigenvalue weighted by molar-refractivity contribution is -0.115. The van der Waals surface area contributed by atoms with Crippen molar-refractivity contribution in [2.75, 3.05) is 25.0 Å². The second-order valence-corrected chi connectivity index (χ2v) is 8.46. The van der Waals surface area contributed by atoms with E-state index in [0.29, 0.717) is 5.92 Å². The number of hydrogen-bond donors (Lipinski definition) is 1. The van der Waals surface area contributed by atoms with Crippen LogP contribution in [0.3, 0.4) is 0 Å². The summed E-state index contributed by atoms with van der Waals surface area (Å²) in [5.74, 6) is 0.453. The first kappa shape index (κ1) is 22.1. The maximum Gasteiger partial charge on any atom is 0.229 e. The number of nitrogens with zero attached hydrogens (tertiary/aromatic N) is 3. The Bertz CT molecular complexity index is 1060.